The number of aromatic nitrogens is 1. The fourth-order valence-corrected chi connectivity index (χ4v) is 2.91. The molecule has 1 N–H and O–H groups in total. The molecule has 0 saturated carbocycles. The Morgan fingerprint density at radius 3 is 2.48 bits per heavy atom. The predicted octanol–water partition coefficient (Wildman–Crippen LogP) is 4.18. The highest BCUT2D eigenvalue weighted by atomic mass is 16.6. The number of carbonyl (C=O) groups is 1. The normalized spacial score (nSPS) is 10.7. The molecule has 1 amide bonds. The average Bonchev–Trinajstić information content (AvgIpc) is 2.70. The molecule has 0 bridgehead atoms. The summed E-state index contributed by atoms with van der Waals surface area (Å²) < 4.78 is 1.36. The van der Waals surface area contributed by atoms with Gasteiger partial charge in [-0.1, -0.05) is 38.1 Å². The first-order valence-electron chi connectivity index (χ1n) is 9.18. The summed E-state index contributed by atoms with van der Waals surface area (Å²) in [7, 11) is 0. The average molecular weight is 391 g/mol. The maximum absolute atomic E-state index is 12.6. The zero-order valence-electron chi connectivity index (χ0n) is 16.2. The minimum atomic E-state index is -0.485. The smallest absolute Gasteiger partial charge is 0.269 e. The fourth-order valence-electron chi connectivity index (χ4n) is 2.91. The van der Waals surface area contributed by atoms with Crippen LogP contribution in [0.5, 0.6) is 0 Å². The summed E-state index contributed by atoms with van der Waals surface area (Å²) in [6, 6.07) is 16.4. The van der Waals surface area contributed by atoms with Crippen molar-refractivity contribution in [1.82, 2.24) is 4.57 Å². The number of hydrogen-bond acceptors (Lipinski definition) is 4. The second-order valence-electron chi connectivity index (χ2n) is 7.04. The van der Waals surface area contributed by atoms with E-state index >= 15 is 0 Å². The molecule has 0 aliphatic carbocycles. The number of rotatable bonds is 6. The molecule has 148 valence electrons. The number of nitro groups is 1. The number of non-ortho nitro benzene ring substituents is 1. The van der Waals surface area contributed by atoms with Crippen molar-refractivity contribution in [1.29, 1.82) is 0 Å². The lowest BCUT2D eigenvalue weighted by Gasteiger charge is -2.10. The molecule has 0 radical (unpaired) electrons. The Morgan fingerprint density at radius 2 is 1.83 bits per heavy atom. The van der Waals surface area contributed by atoms with Crippen molar-refractivity contribution in [2.24, 2.45) is 0 Å². The molecule has 29 heavy (non-hydrogen) atoms. The molecule has 1 aromatic heterocycles. The Hall–Kier alpha value is -3.74. The third kappa shape index (κ3) is 4.95. The van der Waals surface area contributed by atoms with E-state index in [9.17, 15) is 19.7 Å². The first kappa shape index (κ1) is 20.0. The third-order valence-electron chi connectivity index (χ3n) is 4.56. The van der Waals surface area contributed by atoms with Gasteiger partial charge >= 0.3 is 0 Å². The van der Waals surface area contributed by atoms with E-state index in [2.05, 4.69) is 19.2 Å². The van der Waals surface area contributed by atoms with E-state index in [1.165, 1.54) is 40.6 Å². The van der Waals surface area contributed by atoms with Gasteiger partial charge in [0.1, 0.15) is 0 Å². The number of hydrogen-bond donors (Lipinski definition) is 1. The molecule has 0 aliphatic rings. The first-order valence-corrected chi connectivity index (χ1v) is 9.18. The van der Waals surface area contributed by atoms with Gasteiger partial charge in [0.05, 0.1) is 17.0 Å². The maximum atomic E-state index is 12.6. The Bertz CT molecular complexity index is 1100. The number of pyridine rings is 1. The Labute approximate surface area is 167 Å². The lowest BCUT2D eigenvalue weighted by molar-refractivity contribution is -0.384. The fraction of sp³-hybridized carbons (Fsp3) is 0.182. The van der Waals surface area contributed by atoms with Crippen LogP contribution in [0.25, 0.3) is 0 Å². The van der Waals surface area contributed by atoms with Crippen LogP contribution in [0, 0.1) is 10.1 Å². The summed E-state index contributed by atoms with van der Waals surface area (Å²) in [5, 5.41) is 13.7. The molecular weight excluding hydrogens is 370 g/mol. The van der Waals surface area contributed by atoms with Gasteiger partial charge in [0.15, 0.2) is 0 Å². The van der Waals surface area contributed by atoms with Gasteiger partial charge in [0.25, 0.3) is 17.2 Å². The second kappa shape index (κ2) is 8.52. The van der Waals surface area contributed by atoms with Crippen molar-refractivity contribution in [2.75, 3.05) is 5.32 Å². The number of carbonyl (C=O) groups excluding carboxylic acids is 1. The molecule has 0 saturated heterocycles. The summed E-state index contributed by atoms with van der Waals surface area (Å²) in [4.78, 5) is 35.2. The number of nitrogens with one attached hydrogen (secondary N) is 1. The molecule has 1 heterocycles. The van der Waals surface area contributed by atoms with Gasteiger partial charge in [0, 0.05) is 30.1 Å². The monoisotopic (exact) mass is 391 g/mol. The van der Waals surface area contributed by atoms with E-state index in [4.69, 9.17) is 0 Å². The molecule has 0 fully saturated rings. The van der Waals surface area contributed by atoms with Gasteiger partial charge in [-0.05, 0) is 35.2 Å². The SMILES string of the molecule is CC(C)c1ccc(NC(=O)c2ccc(=O)n(Cc3cccc([N+](=O)[O-])c3)c2)cc1. The Kier molecular flexibility index (Phi) is 5.87. The predicted molar refractivity (Wildman–Crippen MR) is 111 cm³/mol. The van der Waals surface area contributed by atoms with Crippen LogP contribution >= 0.6 is 0 Å². The van der Waals surface area contributed by atoms with Crippen LogP contribution < -0.4 is 10.9 Å². The van der Waals surface area contributed by atoms with Crippen molar-refractivity contribution in [2.45, 2.75) is 26.3 Å². The summed E-state index contributed by atoms with van der Waals surface area (Å²) in [5.74, 6) is 0.0622. The summed E-state index contributed by atoms with van der Waals surface area (Å²) >= 11 is 0. The summed E-state index contributed by atoms with van der Waals surface area (Å²) in [6.45, 7) is 4.32. The first-order chi connectivity index (χ1) is 13.8. The van der Waals surface area contributed by atoms with E-state index in [0.29, 0.717) is 22.7 Å². The topological polar surface area (TPSA) is 94.2 Å². The quantitative estimate of drug-likeness (QED) is 0.504. The molecule has 7 nitrogen and oxygen atoms in total. The highest BCUT2D eigenvalue weighted by Crippen LogP contribution is 2.18. The number of benzene rings is 2. The van der Waals surface area contributed by atoms with Gasteiger partial charge in [0.2, 0.25) is 0 Å². The highest BCUT2D eigenvalue weighted by molar-refractivity contribution is 6.04. The van der Waals surface area contributed by atoms with Crippen molar-refractivity contribution < 1.29 is 9.72 Å². The zero-order chi connectivity index (χ0) is 21.0. The molecule has 0 spiro atoms. The van der Waals surface area contributed by atoms with Crippen LogP contribution in [0.2, 0.25) is 0 Å². The zero-order valence-corrected chi connectivity index (χ0v) is 16.2. The second-order valence-corrected chi connectivity index (χ2v) is 7.04. The molecular formula is C22H21N3O4. The molecule has 2 aromatic carbocycles. The summed E-state index contributed by atoms with van der Waals surface area (Å²) in [6.07, 6.45) is 1.46. The van der Waals surface area contributed by atoms with Crippen molar-refractivity contribution in [3.8, 4) is 0 Å². The number of nitrogens with zero attached hydrogens (tertiary/aromatic N) is 2. The van der Waals surface area contributed by atoms with Crippen LogP contribution in [0.1, 0.15) is 41.3 Å². The third-order valence-corrected chi connectivity index (χ3v) is 4.56. The van der Waals surface area contributed by atoms with E-state index in [1.807, 2.05) is 24.3 Å². The van der Waals surface area contributed by atoms with E-state index in [-0.39, 0.29) is 23.7 Å². The largest absolute Gasteiger partial charge is 0.322 e. The van der Waals surface area contributed by atoms with Crippen LogP contribution in [0.15, 0.2) is 71.7 Å². The minimum Gasteiger partial charge on any atom is -0.322 e. The molecule has 0 unspecified atom stereocenters. The van der Waals surface area contributed by atoms with Gasteiger partial charge in [-0.25, -0.2) is 0 Å². The van der Waals surface area contributed by atoms with Crippen LogP contribution in [-0.4, -0.2) is 15.4 Å². The highest BCUT2D eigenvalue weighted by Gasteiger charge is 2.11. The Balaban J connectivity index is 1.79. The van der Waals surface area contributed by atoms with Crippen LogP contribution in [0.3, 0.4) is 0 Å². The maximum Gasteiger partial charge on any atom is 0.269 e. The van der Waals surface area contributed by atoms with Crippen molar-refractivity contribution in [3.63, 3.8) is 0 Å². The molecule has 0 aliphatic heterocycles. The van der Waals surface area contributed by atoms with E-state index in [1.54, 1.807) is 12.1 Å². The minimum absolute atomic E-state index is 0.0470. The lowest BCUT2D eigenvalue weighted by Crippen LogP contribution is -2.22. The van der Waals surface area contributed by atoms with Crippen LogP contribution in [-0.2, 0) is 6.54 Å². The van der Waals surface area contributed by atoms with Crippen molar-refractivity contribution in [3.05, 3.63) is 104 Å². The molecule has 3 aromatic rings. The Morgan fingerprint density at radius 1 is 1.10 bits per heavy atom. The molecule has 3 rings (SSSR count). The van der Waals surface area contributed by atoms with Crippen molar-refractivity contribution >= 4 is 17.3 Å². The summed E-state index contributed by atoms with van der Waals surface area (Å²) in [5.41, 5.74) is 2.42. The van der Waals surface area contributed by atoms with Crippen LogP contribution in [0.4, 0.5) is 11.4 Å². The van der Waals surface area contributed by atoms with Gasteiger partial charge < -0.3 is 9.88 Å². The number of anilines is 1. The van der Waals surface area contributed by atoms with Gasteiger partial charge in [-0.3, -0.25) is 19.7 Å². The number of amides is 1. The van der Waals surface area contributed by atoms with Gasteiger partial charge in [-0.15, -0.1) is 0 Å². The van der Waals surface area contributed by atoms with E-state index < -0.39 is 4.92 Å². The standard InChI is InChI=1S/C22H21N3O4/c1-15(2)17-6-9-19(10-7-17)23-22(27)18-8-11-21(26)24(14-18)13-16-4-3-5-20(12-16)25(28)29/h3-12,14-15H,13H2,1-2H3,(H,23,27). The number of nitro benzene ring substituents is 1. The van der Waals surface area contributed by atoms with Gasteiger partial charge in [-0.2, -0.15) is 0 Å². The molecule has 0 atom stereocenters. The lowest BCUT2D eigenvalue weighted by atomic mass is 10.0. The molecule has 7 heteroatoms. The van der Waals surface area contributed by atoms with E-state index in [0.717, 1.165) is 0 Å².